The number of rotatable bonds is 1. The van der Waals surface area contributed by atoms with Gasteiger partial charge in [0.1, 0.15) is 0 Å². The monoisotopic (exact) mass is 206 g/mol. The van der Waals surface area contributed by atoms with Crippen LogP contribution in [0.1, 0.15) is 5.56 Å². The molecule has 1 aliphatic rings. The van der Waals surface area contributed by atoms with Gasteiger partial charge in [-0.25, -0.2) is 4.99 Å². The van der Waals surface area contributed by atoms with Crippen molar-refractivity contribution in [1.29, 1.82) is 0 Å². The van der Waals surface area contributed by atoms with Crippen molar-refractivity contribution in [3.05, 3.63) is 29.8 Å². The van der Waals surface area contributed by atoms with E-state index >= 15 is 0 Å². The topological polar surface area (TPSA) is 15.6 Å². The third kappa shape index (κ3) is 1.93. The first kappa shape index (κ1) is 9.59. The van der Waals surface area contributed by atoms with Crippen molar-refractivity contribution < 1.29 is 0 Å². The highest BCUT2D eigenvalue weighted by Gasteiger charge is 2.14. The van der Waals surface area contributed by atoms with E-state index < -0.39 is 0 Å². The van der Waals surface area contributed by atoms with Crippen LogP contribution in [0.15, 0.2) is 29.3 Å². The number of para-hydroxylation sites is 1. The van der Waals surface area contributed by atoms with E-state index in [0.29, 0.717) is 0 Å². The van der Waals surface area contributed by atoms with Crippen LogP contribution in [0, 0.1) is 6.92 Å². The Bertz CT molecular complexity index is 360. The molecule has 0 atom stereocenters. The van der Waals surface area contributed by atoms with Crippen molar-refractivity contribution in [2.24, 2.45) is 4.99 Å². The van der Waals surface area contributed by atoms with Gasteiger partial charge in [0.05, 0.1) is 5.69 Å². The maximum Gasteiger partial charge on any atom is 0.164 e. The maximum absolute atomic E-state index is 4.64. The third-order valence-electron chi connectivity index (χ3n) is 2.32. The van der Waals surface area contributed by atoms with Crippen LogP contribution in [-0.2, 0) is 0 Å². The van der Waals surface area contributed by atoms with Crippen LogP contribution in [0.4, 0.5) is 5.69 Å². The SMILES string of the molecule is Cc1ccccc1N=C1SCCN1C. The molecule has 1 aromatic carbocycles. The second-order valence-corrected chi connectivity index (χ2v) is 4.51. The smallest absolute Gasteiger partial charge is 0.164 e. The zero-order chi connectivity index (χ0) is 9.97. The number of aryl methyl sites for hydroxylation is 1. The van der Waals surface area contributed by atoms with E-state index in [0.717, 1.165) is 23.2 Å². The molecule has 0 radical (unpaired) electrons. The van der Waals surface area contributed by atoms with Gasteiger partial charge in [-0.1, -0.05) is 30.0 Å². The summed E-state index contributed by atoms with van der Waals surface area (Å²) in [5, 5.41) is 1.14. The zero-order valence-electron chi connectivity index (χ0n) is 8.53. The van der Waals surface area contributed by atoms with Gasteiger partial charge >= 0.3 is 0 Å². The Kier molecular flexibility index (Phi) is 2.77. The molecule has 3 heteroatoms. The molecule has 0 amide bonds. The van der Waals surface area contributed by atoms with Crippen molar-refractivity contribution in [3.63, 3.8) is 0 Å². The third-order valence-corrected chi connectivity index (χ3v) is 3.36. The fourth-order valence-corrected chi connectivity index (χ4v) is 2.41. The molecule has 1 fully saturated rings. The first-order valence-corrected chi connectivity index (χ1v) is 5.74. The van der Waals surface area contributed by atoms with Crippen LogP contribution in [0.5, 0.6) is 0 Å². The van der Waals surface area contributed by atoms with Gasteiger partial charge in [0.2, 0.25) is 0 Å². The summed E-state index contributed by atoms with van der Waals surface area (Å²) >= 11 is 1.83. The molecule has 0 aliphatic carbocycles. The lowest BCUT2D eigenvalue weighted by Crippen LogP contribution is -2.17. The van der Waals surface area contributed by atoms with Crippen LogP contribution < -0.4 is 0 Å². The number of thioether (sulfide) groups is 1. The predicted molar refractivity (Wildman–Crippen MR) is 63.4 cm³/mol. The number of benzene rings is 1. The quantitative estimate of drug-likeness (QED) is 0.702. The van der Waals surface area contributed by atoms with Crippen molar-refractivity contribution >= 4 is 22.6 Å². The first-order valence-electron chi connectivity index (χ1n) is 4.75. The molecule has 0 bridgehead atoms. The summed E-state index contributed by atoms with van der Waals surface area (Å²) in [5.41, 5.74) is 2.32. The van der Waals surface area contributed by atoms with Crippen molar-refractivity contribution in [2.45, 2.75) is 6.92 Å². The van der Waals surface area contributed by atoms with Crippen LogP contribution in [0.3, 0.4) is 0 Å². The standard InChI is InChI=1S/C11H14N2S/c1-9-5-3-4-6-10(9)12-11-13(2)7-8-14-11/h3-6H,7-8H2,1-2H3. The molecular weight excluding hydrogens is 192 g/mol. The second-order valence-electron chi connectivity index (χ2n) is 3.45. The number of amidine groups is 1. The number of aliphatic imine (C=N–C) groups is 1. The van der Waals surface area contributed by atoms with Gasteiger partial charge in [-0.3, -0.25) is 0 Å². The van der Waals surface area contributed by atoms with Crippen molar-refractivity contribution in [3.8, 4) is 0 Å². The molecule has 1 aromatic rings. The molecule has 0 aromatic heterocycles. The number of hydrogen-bond donors (Lipinski definition) is 0. The number of nitrogens with zero attached hydrogens (tertiary/aromatic N) is 2. The molecule has 2 rings (SSSR count). The fraction of sp³-hybridized carbons (Fsp3) is 0.364. The average molecular weight is 206 g/mol. The Morgan fingerprint density at radius 3 is 2.79 bits per heavy atom. The zero-order valence-corrected chi connectivity index (χ0v) is 9.34. The summed E-state index contributed by atoms with van der Waals surface area (Å²) in [6, 6.07) is 8.24. The molecule has 0 N–H and O–H groups in total. The maximum atomic E-state index is 4.64. The van der Waals surface area contributed by atoms with Gasteiger partial charge < -0.3 is 4.90 Å². The number of hydrogen-bond acceptors (Lipinski definition) is 2. The highest BCUT2D eigenvalue weighted by molar-refractivity contribution is 8.14. The summed E-state index contributed by atoms with van der Waals surface area (Å²) in [6.07, 6.45) is 0. The van der Waals surface area contributed by atoms with Gasteiger partial charge in [0.15, 0.2) is 5.17 Å². The molecule has 74 valence electrons. The van der Waals surface area contributed by atoms with E-state index in [1.807, 2.05) is 23.9 Å². The van der Waals surface area contributed by atoms with E-state index in [-0.39, 0.29) is 0 Å². The summed E-state index contributed by atoms with van der Waals surface area (Å²) in [5.74, 6) is 1.15. The summed E-state index contributed by atoms with van der Waals surface area (Å²) in [4.78, 5) is 6.85. The van der Waals surface area contributed by atoms with Gasteiger partial charge in [-0.05, 0) is 18.6 Å². The fourth-order valence-electron chi connectivity index (χ4n) is 1.39. The Labute approximate surface area is 89.0 Å². The molecular formula is C11H14N2S. The van der Waals surface area contributed by atoms with Crippen LogP contribution in [0.2, 0.25) is 0 Å². The lowest BCUT2D eigenvalue weighted by atomic mass is 10.2. The van der Waals surface area contributed by atoms with Gasteiger partial charge in [0.25, 0.3) is 0 Å². The van der Waals surface area contributed by atoms with E-state index in [4.69, 9.17) is 0 Å². The van der Waals surface area contributed by atoms with Crippen LogP contribution >= 0.6 is 11.8 Å². The molecule has 1 saturated heterocycles. The lowest BCUT2D eigenvalue weighted by molar-refractivity contribution is 0.563. The van der Waals surface area contributed by atoms with Gasteiger partial charge in [-0.15, -0.1) is 0 Å². The van der Waals surface area contributed by atoms with Crippen LogP contribution in [-0.4, -0.2) is 29.4 Å². The Balaban J connectivity index is 2.29. The molecule has 1 aliphatic heterocycles. The largest absolute Gasteiger partial charge is 0.353 e. The van der Waals surface area contributed by atoms with E-state index in [1.54, 1.807) is 0 Å². The Morgan fingerprint density at radius 1 is 1.36 bits per heavy atom. The van der Waals surface area contributed by atoms with Gasteiger partial charge in [-0.2, -0.15) is 0 Å². The Hall–Kier alpha value is -0.960. The Morgan fingerprint density at radius 2 is 2.14 bits per heavy atom. The van der Waals surface area contributed by atoms with E-state index in [9.17, 15) is 0 Å². The van der Waals surface area contributed by atoms with Crippen molar-refractivity contribution in [1.82, 2.24) is 4.90 Å². The highest BCUT2D eigenvalue weighted by Crippen LogP contribution is 2.23. The molecule has 0 spiro atoms. The molecule has 0 saturated carbocycles. The summed E-state index contributed by atoms with van der Waals surface area (Å²) < 4.78 is 0. The second kappa shape index (κ2) is 4.05. The molecule has 1 heterocycles. The minimum Gasteiger partial charge on any atom is -0.353 e. The molecule has 2 nitrogen and oxygen atoms in total. The minimum absolute atomic E-state index is 1.09. The minimum atomic E-state index is 1.09. The average Bonchev–Trinajstić information content (AvgIpc) is 2.56. The molecule has 14 heavy (non-hydrogen) atoms. The predicted octanol–water partition coefficient (Wildman–Crippen LogP) is 2.66. The normalized spacial score (nSPS) is 19.3. The molecule has 0 unspecified atom stereocenters. The van der Waals surface area contributed by atoms with Crippen molar-refractivity contribution in [2.75, 3.05) is 19.3 Å². The summed E-state index contributed by atoms with van der Waals surface area (Å²) in [6.45, 7) is 3.20. The highest BCUT2D eigenvalue weighted by atomic mass is 32.2. The van der Waals surface area contributed by atoms with Gasteiger partial charge in [0, 0.05) is 19.3 Å². The van der Waals surface area contributed by atoms with Crippen LogP contribution in [0.25, 0.3) is 0 Å². The van der Waals surface area contributed by atoms with E-state index in [1.165, 1.54) is 5.56 Å². The first-order chi connectivity index (χ1) is 6.77. The van der Waals surface area contributed by atoms with E-state index in [2.05, 4.69) is 36.0 Å². The lowest BCUT2D eigenvalue weighted by Gasteiger charge is -2.10. The summed E-state index contributed by atoms with van der Waals surface area (Å²) in [7, 11) is 2.09.